The summed E-state index contributed by atoms with van der Waals surface area (Å²) in [6.45, 7) is 2.61. The van der Waals surface area contributed by atoms with Crippen molar-refractivity contribution in [2.75, 3.05) is 38.2 Å². The van der Waals surface area contributed by atoms with E-state index in [1.54, 1.807) is 17.0 Å². The molecule has 1 aliphatic rings. The Hall–Kier alpha value is -2.31. The van der Waals surface area contributed by atoms with Gasteiger partial charge in [-0.2, -0.15) is 0 Å². The largest absolute Gasteiger partial charge is 0.494 e. The third-order valence-electron chi connectivity index (χ3n) is 4.76. The molecule has 0 saturated carbocycles. The van der Waals surface area contributed by atoms with E-state index < -0.39 is 0 Å². The number of halogens is 2. The third kappa shape index (κ3) is 3.35. The lowest BCUT2D eigenvalue weighted by Gasteiger charge is -2.36. The number of benzene rings is 2. The Morgan fingerprint density at radius 2 is 1.89 bits per heavy atom. The highest BCUT2D eigenvalue weighted by atomic mass is 35.5. The fourth-order valence-electron chi connectivity index (χ4n) is 3.40. The van der Waals surface area contributed by atoms with Gasteiger partial charge >= 0.3 is 0 Å². The Kier molecular flexibility index (Phi) is 4.93. The van der Waals surface area contributed by atoms with Gasteiger partial charge in [-0.3, -0.25) is 4.79 Å². The van der Waals surface area contributed by atoms with Crippen LogP contribution in [0.1, 0.15) is 9.67 Å². The summed E-state index contributed by atoms with van der Waals surface area (Å²) < 4.78 is 20.3. The molecule has 2 aromatic carbocycles. The zero-order valence-corrected chi connectivity index (χ0v) is 16.3. The zero-order valence-electron chi connectivity index (χ0n) is 14.7. The lowest BCUT2D eigenvalue weighted by molar-refractivity contribution is 0.0749. The van der Waals surface area contributed by atoms with E-state index in [0.29, 0.717) is 51.9 Å². The van der Waals surface area contributed by atoms with Crippen molar-refractivity contribution in [3.63, 3.8) is 0 Å². The Morgan fingerprint density at radius 3 is 2.59 bits per heavy atom. The van der Waals surface area contributed by atoms with Crippen LogP contribution in [0.3, 0.4) is 0 Å². The molecule has 0 aliphatic carbocycles. The number of carbonyl (C=O) groups excluding carboxylic acids is 1. The highest BCUT2D eigenvalue weighted by molar-refractivity contribution is 7.21. The van der Waals surface area contributed by atoms with Crippen LogP contribution >= 0.6 is 22.9 Å². The summed E-state index contributed by atoms with van der Waals surface area (Å²) in [7, 11) is 1.47. The molecule has 0 N–H and O–H groups in total. The molecule has 0 bridgehead atoms. The van der Waals surface area contributed by atoms with Gasteiger partial charge in [0.2, 0.25) is 0 Å². The molecule has 1 saturated heterocycles. The van der Waals surface area contributed by atoms with E-state index in [1.165, 1.54) is 24.5 Å². The molecule has 140 valence electrons. The van der Waals surface area contributed by atoms with Crippen LogP contribution in [-0.4, -0.2) is 44.1 Å². The molecule has 7 heteroatoms. The van der Waals surface area contributed by atoms with E-state index in [4.69, 9.17) is 16.3 Å². The first kappa shape index (κ1) is 18.1. The molecule has 1 fully saturated rings. The number of anilines is 1. The van der Waals surface area contributed by atoms with Crippen LogP contribution in [-0.2, 0) is 0 Å². The Bertz CT molecular complexity index is 999. The number of amides is 1. The highest BCUT2D eigenvalue weighted by Gasteiger charge is 2.28. The molecule has 0 spiro atoms. The second-order valence-electron chi connectivity index (χ2n) is 6.34. The summed E-state index contributed by atoms with van der Waals surface area (Å²) >= 11 is 7.35. The number of thiophene rings is 1. The molecule has 0 radical (unpaired) electrons. The third-order valence-corrected chi connectivity index (χ3v) is 6.12. The summed E-state index contributed by atoms with van der Waals surface area (Å²) in [6, 6.07) is 12.5. The average Bonchev–Trinajstić information content (AvgIpc) is 3.07. The second-order valence-corrected chi connectivity index (χ2v) is 7.83. The minimum absolute atomic E-state index is 0.113. The SMILES string of the molecule is COc1c(C(=O)N2CCN(c3cccc(Cl)c3)CC2)sc2cccc(F)c12. The van der Waals surface area contributed by atoms with E-state index in [2.05, 4.69) is 4.90 Å². The number of piperazine rings is 1. The van der Waals surface area contributed by atoms with Crippen molar-refractivity contribution in [1.29, 1.82) is 0 Å². The first-order valence-electron chi connectivity index (χ1n) is 8.63. The van der Waals surface area contributed by atoms with Gasteiger partial charge in [-0.05, 0) is 30.3 Å². The summed E-state index contributed by atoms with van der Waals surface area (Å²) in [5.41, 5.74) is 1.05. The van der Waals surface area contributed by atoms with Gasteiger partial charge in [0.1, 0.15) is 10.7 Å². The first-order chi connectivity index (χ1) is 13.1. The Balaban J connectivity index is 1.55. The van der Waals surface area contributed by atoms with Crippen LogP contribution in [0.25, 0.3) is 10.1 Å². The van der Waals surface area contributed by atoms with E-state index in [1.807, 2.05) is 24.3 Å². The summed E-state index contributed by atoms with van der Waals surface area (Å²) in [6.07, 6.45) is 0. The molecule has 1 aromatic heterocycles. The maximum Gasteiger partial charge on any atom is 0.267 e. The van der Waals surface area contributed by atoms with Crippen molar-refractivity contribution in [1.82, 2.24) is 4.90 Å². The number of ether oxygens (including phenoxy) is 1. The topological polar surface area (TPSA) is 32.8 Å². The number of fused-ring (bicyclic) bond motifs is 1. The van der Waals surface area contributed by atoms with Gasteiger partial charge in [-0.1, -0.05) is 23.7 Å². The smallest absolute Gasteiger partial charge is 0.267 e. The lowest BCUT2D eigenvalue weighted by Crippen LogP contribution is -2.48. The maximum absolute atomic E-state index is 14.2. The maximum atomic E-state index is 14.2. The molecule has 4 rings (SSSR count). The Morgan fingerprint density at radius 1 is 1.15 bits per heavy atom. The normalized spacial score (nSPS) is 14.6. The molecule has 1 amide bonds. The minimum Gasteiger partial charge on any atom is -0.494 e. The van der Waals surface area contributed by atoms with Crippen molar-refractivity contribution in [3.05, 3.63) is 58.2 Å². The van der Waals surface area contributed by atoms with E-state index in [9.17, 15) is 9.18 Å². The zero-order chi connectivity index (χ0) is 19.0. The minimum atomic E-state index is -0.370. The van der Waals surface area contributed by atoms with Crippen LogP contribution in [0.15, 0.2) is 42.5 Å². The van der Waals surface area contributed by atoms with Gasteiger partial charge in [-0.25, -0.2) is 4.39 Å². The van der Waals surface area contributed by atoms with Gasteiger partial charge in [0.05, 0.1) is 12.5 Å². The second kappa shape index (κ2) is 7.37. The molecule has 0 unspecified atom stereocenters. The molecule has 27 heavy (non-hydrogen) atoms. The molecule has 1 aliphatic heterocycles. The predicted octanol–water partition coefficient (Wildman–Crippen LogP) is 4.66. The molecular weight excluding hydrogens is 387 g/mol. The van der Waals surface area contributed by atoms with Crippen molar-refractivity contribution in [2.24, 2.45) is 0 Å². The number of methoxy groups -OCH3 is 1. The van der Waals surface area contributed by atoms with Gasteiger partial charge in [0, 0.05) is 41.6 Å². The summed E-state index contributed by atoms with van der Waals surface area (Å²) in [5.74, 6) is -0.154. The van der Waals surface area contributed by atoms with Crippen LogP contribution in [0.2, 0.25) is 5.02 Å². The Labute approximate surface area is 165 Å². The van der Waals surface area contributed by atoms with Crippen molar-refractivity contribution in [2.45, 2.75) is 0 Å². The van der Waals surface area contributed by atoms with Gasteiger partial charge < -0.3 is 14.5 Å². The molecule has 3 aromatic rings. The highest BCUT2D eigenvalue weighted by Crippen LogP contribution is 2.40. The number of nitrogens with zero attached hydrogens (tertiary/aromatic N) is 2. The predicted molar refractivity (Wildman–Crippen MR) is 108 cm³/mol. The number of carbonyl (C=O) groups is 1. The van der Waals surface area contributed by atoms with Crippen LogP contribution in [0, 0.1) is 5.82 Å². The van der Waals surface area contributed by atoms with Crippen LogP contribution in [0.4, 0.5) is 10.1 Å². The lowest BCUT2D eigenvalue weighted by atomic mass is 10.2. The van der Waals surface area contributed by atoms with E-state index >= 15 is 0 Å². The first-order valence-corrected chi connectivity index (χ1v) is 9.82. The molecule has 0 atom stereocenters. The van der Waals surface area contributed by atoms with Crippen LogP contribution in [0.5, 0.6) is 5.75 Å². The number of hydrogen-bond donors (Lipinski definition) is 0. The van der Waals surface area contributed by atoms with Crippen molar-refractivity contribution >= 4 is 44.6 Å². The van der Waals surface area contributed by atoms with E-state index in [0.717, 1.165) is 5.69 Å². The standard InChI is InChI=1S/C20H18ClFN2O2S/c1-26-18-17-15(22)6-3-7-16(17)27-19(18)20(25)24-10-8-23(9-11-24)14-5-2-4-13(21)12-14/h2-7,12H,8-11H2,1H3. The fraction of sp³-hybridized carbons (Fsp3) is 0.250. The van der Waals surface area contributed by atoms with Gasteiger partial charge in [-0.15, -0.1) is 11.3 Å². The van der Waals surface area contributed by atoms with Gasteiger partial charge in [0.15, 0.2) is 5.75 Å². The van der Waals surface area contributed by atoms with Crippen molar-refractivity contribution in [3.8, 4) is 5.75 Å². The molecular formula is C20H18ClFN2O2S. The molecule has 2 heterocycles. The van der Waals surface area contributed by atoms with Crippen LogP contribution < -0.4 is 9.64 Å². The average molecular weight is 405 g/mol. The fourth-order valence-corrected chi connectivity index (χ4v) is 4.74. The quantitative estimate of drug-likeness (QED) is 0.636. The number of hydrogen-bond acceptors (Lipinski definition) is 4. The monoisotopic (exact) mass is 404 g/mol. The molecule has 4 nitrogen and oxygen atoms in total. The summed E-state index contributed by atoms with van der Waals surface area (Å²) in [4.78, 5) is 17.5. The van der Waals surface area contributed by atoms with Crippen molar-refractivity contribution < 1.29 is 13.9 Å². The van der Waals surface area contributed by atoms with Gasteiger partial charge in [0.25, 0.3) is 5.91 Å². The summed E-state index contributed by atoms with van der Waals surface area (Å²) in [5, 5.41) is 1.08. The van der Waals surface area contributed by atoms with E-state index in [-0.39, 0.29) is 11.7 Å². The number of rotatable bonds is 3.